The van der Waals surface area contributed by atoms with E-state index in [-0.39, 0.29) is 0 Å². The van der Waals surface area contributed by atoms with E-state index in [1.165, 1.54) is 16.2 Å². The van der Waals surface area contributed by atoms with Crippen LogP contribution in [0.25, 0.3) is 32.3 Å². The molecule has 0 aromatic heterocycles. The van der Waals surface area contributed by atoms with E-state index in [9.17, 15) is 0 Å². The van der Waals surface area contributed by atoms with Crippen molar-refractivity contribution in [1.82, 2.24) is 0 Å². The van der Waals surface area contributed by atoms with Crippen LogP contribution in [0.5, 0.6) is 17.2 Å². The van der Waals surface area contributed by atoms with Gasteiger partial charge < -0.3 is 0 Å². The Bertz CT molecular complexity index is 1420. The maximum atomic E-state index is 6.41. The molecular formula is C30H21BiO3. The SMILES string of the molecule is c1ccc2cc([O][Bi]([O]c3ccc4ccccc4c3)[O]c3ccc4ccccc4c3)ccc2c1. The predicted octanol–water partition coefficient (Wildman–Crippen LogP) is 7.67. The summed E-state index contributed by atoms with van der Waals surface area (Å²) in [6.45, 7) is 0. The van der Waals surface area contributed by atoms with Crippen molar-refractivity contribution in [2.75, 3.05) is 0 Å². The van der Waals surface area contributed by atoms with Gasteiger partial charge in [0.15, 0.2) is 0 Å². The molecule has 6 rings (SSSR count). The summed E-state index contributed by atoms with van der Waals surface area (Å²) >= 11 is -3.44. The second-order valence-electron chi connectivity index (χ2n) is 8.02. The summed E-state index contributed by atoms with van der Waals surface area (Å²) in [6.07, 6.45) is 0. The van der Waals surface area contributed by atoms with Gasteiger partial charge in [0.1, 0.15) is 0 Å². The van der Waals surface area contributed by atoms with E-state index in [0.717, 1.165) is 33.4 Å². The standard InChI is InChI=1S/3C10H8O.Bi/c3*11-10-6-5-8-3-1-2-4-9(8)7-10;/h3*1-7,11H;/q;;;+3/p-3. The van der Waals surface area contributed by atoms with Crippen LogP contribution in [0, 0.1) is 0 Å². The van der Waals surface area contributed by atoms with Gasteiger partial charge in [0.25, 0.3) is 0 Å². The van der Waals surface area contributed by atoms with E-state index in [1.54, 1.807) is 0 Å². The first-order valence-corrected chi connectivity index (χ1v) is 15.4. The Morgan fingerprint density at radius 3 is 0.941 bits per heavy atom. The van der Waals surface area contributed by atoms with Gasteiger partial charge in [0.05, 0.1) is 0 Å². The average Bonchev–Trinajstić information content (AvgIpc) is 2.88. The first kappa shape index (κ1) is 21.0. The Labute approximate surface area is 207 Å². The third-order valence-corrected chi connectivity index (χ3v) is 9.90. The molecule has 0 aliphatic carbocycles. The topological polar surface area (TPSA) is 27.7 Å². The second-order valence-corrected chi connectivity index (χ2v) is 11.9. The van der Waals surface area contributed by atoms with Crippen molar-refractivity contribution in [2.24, 2.45) is 0 Å². The summed E-state index contributed by atoms with van der Waals surface area (Å²) in [5.74, 6) is 2.29. The molecule has 0 aliphatic rings. The number of benzene rings is 6. The van der Waals surface area contributed by atoms with Crippen molar-refractivity contribution in [3.05, 3.63) is 127 Å². The summed E-state index contributed by atoms with van der Waals surface area (Å²) in [5.41, 5.74) is 0. The molecule has 0 radical (unpaired) electrons. The summed E-state index contributed by atoms with van der Waals surface area (Å²) in [6, 6.07) is 43.0. The molecule has 6 aromatic carbocycles. The molecule has 0 amide bonds. The third-order valence-electron chi connectivity index (χ3n) is 5.70. The zero-order valence-corrected chi connectivity index (χ0v) is 21.8. The fourth-order valence-corrected chi connectivity index (χ4v) is 7.75. The van der Waals surface area contributed by atoms with Gasteiger partial charge in [0.2, 0.25) is 0 Å². The molecule has 0 N–H and O–H groups in total. The monoisotopic (exact) mass is 638 g/mol. The molecule has 0 unspecified atom stereocenters. The van der Waals surface area contributed by atoms with Crippen molar-refractivity contribution in [2.45, 2.75) is 0 Å². The molecule has 0 bridgehead atoms. The van der Waals surface area contributed by atoms with Crippen molar-refractivity contribution < 1.29 is 8.44 Å². The molecule has 0 fully saturated rings. The van der Waals surface area contributed by atoms with Gasteiger partial charge in [-0.25, -0.2) is 0 Å². The van der Waals surface area contributed by atoms with E-state index in [0.29, 0.717) is 0 Å². The van der Waals surface area contributed by atoms with E-state index >= 15 is 0 Å². The van der Waals surface area contributed by atoms with E-state index in [2.05, 4.69) is 54.6 Å². The van der Waals surface area contributed by atoms with Gasteiger partial charge in [-0.1, -0.05) is 0 Å². The van der Waals surface area contributed by atoms with E-state index in [1.807, 2.05) is 72.8 Å². The second kappa shape index (κ2) is 9.32. The van der Waals surface area contributed by atoms with Gasteiger partial charge in [-0.15, -0.1) is 0 Å². The van der Waals surface area contributed by atoms with E-state index < -0.39 is 23.1 Å². The normalized spacial score (nSPS) is 11.2. The fourth-order valence-electron chi connectivity index (χ4n) is 3.99. The summed E-state index contributed by atoms with van der Waals surface area (Å²) in [7, 11) is 0. The van der Waals surface area contributed by atoms with Gasteiger partial charge >= 0.3 is 208 Å². The molecule has 0 atom stereocenters. The van der Waals surface area contributed by atoms with Crippen LogP contribution in [0.2, 0.25) is 0 Å². The first-order valence-electron chi connectivity index (χ1n) is 11.1. The fraction of sp³-hybridized carbons (Fsp3) is 0. The molecule has 0 spiro atoms. The summed E-state index contributed by atoms with van der Waals surface area (Å²) in [5, 5.41) is 6.89. The van der Waals surface area contributed by atoms with Crippen LogP contribution in [0.3, 0.4) is 0 Å². The van der Waals surface area contributed by atoms with Crippen LogP contribution in [-0.2, 0) is 0 Å². The van der Waals surface area contributed by atoms with Gasteiger partial charge in [-0.2, -0.15) is 0 Å². The van der Waals surface area contributed by atoms with Crippen LogP contribution in [-0.4, -0.2) is 23.1 Å². The molecule has 0 aliphatic heterocycles. The zero-order chi connectivity index (χ0) is 22.7. The Kier molecular flexibility index (Phi) is 5.75. The van der Waals surface area contributed by atoms with Crippen LogP contribution in [0.1, 0.15) is 0 Å². The molecule has 0 saturated carbocycles. The van der Waals surface area contributed by atoms with Crippen molar-refractivity contribution in [3.8, 4) is 17.2 Å². The van der Waals surface area contributed by atoms with Crippen molar-refractivity contribution in [3.63, 3.8) is 0 Å². The van der Waals surface area contributed by atoms with Crippen LogP contribution >= 0.6 is 0 Å². The van der Waals surface area contributed by atoms with Crippen LogP contribution in [0.4, 0.5) is 0 Å². The molecule has 164 valence electrons. The van der Waals surface area contributed by atoms with Crippen LogP contribution in [0.15, 0.2) is 127 Å². The Morgan fingerprint density at radius 2 is 0.618 bits per heavy atom. The quantitative estimate of drug-likeness (QED) is 0.175. The zero-order valence-electron chi connectivity index (χ0n) is 18.3. The molecule has 34 heavy (non-hydrogen) atoms. The van der Waals surface area contributed by atoms with E-state index in [4.69, 9.17) is 8.44 Å². The number of rotatable bonds is 6. The van der Waals surface area contributed by atoms with Gasteiger partial charge in [-0.05, 0) is 0 Å². The molecule has 3 nitrogen and oxygen atoms in total. The summed E-state index contributed by atoms with van der Waals surface area (Å²) < 4.78 is 19.2. The number of fused-ring (bicyclic) bond motifs is 3. The molecule has 4 heteroatoms. The molecule has 0 heterocycles. The summed E-state index contributed by atoms with van der Waals surface area (Å²) in [4.78, 5) is 0. The molecular weight excluding hydrogens is 617 g/mol. The number of hydrogen-bond donors (Lipinski definition) is 0. The van der Waals surface area contributed by atoms with Crippen molar-refractivity contribution >= 4 is 55.4 Å². The Balaban J connectivity index is 1.33. The van der Waals surface area contributed by atoms with Gasteiger partial charge in [0, 0.05) is 0 Å². The maximum absolute atomic E-state index is 6.41. The third kappa shape index (κ3) is 4.55. The van der Waals surface area contributed by atoms with Gasteiger partial charge in [-0.3, -0.25) is 0 Å². The molecule has 0 saturated heterocycles. The minimum atomic E-state index is -3.44. The predicted molar refractivity (Wildman–Crippen MR) is 139 cm³/mol. The Morgan fingerprint density at radius 1 is 0.324 bits per heavy atom. The minimum absolute atomic E-state index is 0.762. The Hall–Kier alpha value is -3.62. The first-order chi connectivity index (χ1) is 16.8. The number of hydrogen-bond acceptors (Lipinski definition) is 3. The van der Waals surface area contributed by atoms with Crippen LogP contribution < -0.4 is 8.44 Å². The average molecular weight is 638 g/mol. The molecule has 6 aromatic rings. The van der Waals surface area contributed by atoms with Crippen molar-refractivity contribution in [1.29, 1.82) is 0 Å².